The number of furan rings is 1. The Bertz CT molecular complexity index is 1520. The summed E-state index contributed by atoms with van der Waals surface area (Å²) in [5.41, 5.74) is 2.79. The van der Waals surface area contributed by atoms with E-state index in [2.05, 4.69) is 28.6 Å². The van der Waals surface area contributed by atoms with Crippen molar-refractivity contribution in [3.8, 4) is 17.6 Å². The highest BCUT2D eigenvalue weighted by atomic mass is 35.5. The molecule has 0 bridgehead atoms. The van der Waals surface area contributed by atoms with Crippen molar-refractivity contribution in [2.45, 2.75) is 44.8 Å². The molecule has 2 aromatic carbocycles. The van der Waals surface area contributed by atoms with Crippen LogP contribution < -0.4 is 20.1 Å². The van der Waals surface area contributed by atoms with Crippen molar-refractivity contribution in [3.63, 3.8) is 0 Å². The average molecular weight is 547 g/mol. The number of aromatic nitrogens is 1. The predicted molar refractivity (Wildman–Crippen MR) is 151 cm³/mol. The van der Waals surface area contributed by atoms with E-state index in [9.17, 15) is 5.26 Å². The maximum atomic E-state index is 10.1. The molecule has 2 aromatic heterocycles. The summed E-state index contributed by atoms with van der Waals surface area (Å²) >= 11 is 6.62. The summed E-state index contributed by atoms with van der Waals surface area (Å²) in [4.78, 5) is 4.65. The molecule has 202 valence electrons. The predicted octanol–water partition coefficient (Wildman–Crippen LogP) is 6.57. The van der Waals surface area contributed by atoms with Gasteiger partial charge in [-0.3, -0.25) is 4.98 Å². The number of pyridine rings is 1. The highest BCUT2D eigenvalue weighted by Crippen LogP contribution is 2.42. The highest BCUT2D eigenvalue weighted by Gasteiger charge is 2.25. The molecule has 0 radical (unpaired) electrons. The first kappa shape index (κ1) is 25.8. The SMILES string of the molecule is CC(Oc1cc(OC2CCOCC2)c2c(Nc3c(Cl)ccc4ccoc34)c(C#N)cnc2c1)C1CCNCC1. The van der Waals surface area contributed by atoms with Gasteiger partial charge in [-0.2, -0.15) is 5.26 Å². The van der Waals surface area contributed by atoms with Gasteiger partial charge in [-0.25, -0.2) is 0 Å². The second kappa shape index (κ2) is 11.3. The largest absolute Gasteiger partial charge is 0.490 e. The molecule has 2 fully saturated rings. The Hall–Kier alpha value is -3.51. The summed E-state index contributed by atoms with van der Waals surface area (Å²) in [5, 5.41) is 19.0. The minimum absolute atomic E-state index is 0.0188. The summed E-state index contributed by atoms with van der Waals surface area (Å²) < 4.78 is 24.4. The molecule has 1 unspecified atom stereocenters. The molecule has 2 aliphatic heterocycles. The smallest absolute Gasteiger partial charge is 0.158 e. The summed E-state index contributed by atoms with van der Waals surface area (Å²) in [5.74, 6) is 1.79. The van der Waals surface area contributed by atoms with Crippen LogP contribution in [0.5, 0.6) is 11.5 Å². The summed E-state index contributed by atoms with van der Waals surface area (Å²) in [6, 6.07) is 11.7. The Morgan fingerprint density at radius 2 is 1.95 bits per heavy atom. The second-order valence-electron chi connectivity index (χ2n) is 10.2. The van der Waals surface area contributed by atoms with Crippen LogP contribution in [0, 0.1) is 17.2 Å². The first-order valence-corrected chi connectivity index (χ1v) is 13.9. The van der Waals surface area contributed by atoms with Crippen LogP contribution in [-0.2, 0) is 4.74 Å². The number of piperidine rings is 1. The summed E-state index contributed by atoms with van der Waals surface area (Å²) in [7, 11) is 0. The molecule has 2 aliphatic rings. The van der Waals surface area contributed by atoms with Crippen molar-refractivity contribution in [2.24, 2.45) is 5.92 Å². The van der Waals surface area contributed by atoms with Crippen molar-refractivity contribution in [1.29, 1.82) is 5.26 Å². The zero-order chi connectivity index (χ0) is 26.8. The minimum atomic E-state index is -0.0188. The van der Waals surface area contributed by atoms with Crippen LogP contribution in [0.4, 0.5) is 11.4 Å². The molecule has 8 nitrogen and oxygen atoms in total. The summed E-state index contributed by atoms with van der Waals surface area (Å²) in [6.07, 6.45) is 6.94. The van der Waals surface area contributed by atoms with Crippen LogP contribution in [0.2, 0.25) is 5.02 Å². The first-order chi connectivity index (χ1) is 19.1. The lowest BCUT2D eigenvalue weighted by molar-refractivity contribution is 0.0260. The van der Waals surface area contributed by atoms with Crippen LogP contribution in [0.3, 0.4) is 0 Å². The molecule has 2 N–H and O–H groups in total. The molecular weight excluding hydrogens is 516 g/mol. The highest BCUT2D eigenvalue weighted by molar-refractivity contribution is 6.35. The van der Waals surface area contributed by atoms with Gasteiger partial charge in [-0.1, -0.05) is 11.6 Å². The van der Waals surface area contributed by atoms with Gasteiger partial charge in [-0.05, 0) is 57.0 Å². The van der Waals surface area contributed by atoms with E-state index >= 15 is 0 Å². The molecule has 1 atom stereocenters. The van der Waals surface area contributed by atoms with Crippen molar-refractivity contribution in [3.05, 3.63) is 53.4 Å². The average Bonchev–Trinajstić information content (AvgIpc) is 3.45. The Kier molecular flexibility index (Phi) is 7.47. The normalized spacial score (nSPS) is 17.7. The van der Waals surface area contributed by atoms with E-state index in [4.69, 9.17) is 30.2 Å². The van der Waals surface area contributed by atoms with Gasteiger partial charge in [0.15, 0.2) is 5.58 Å². The number of fused-ring (bicyclic) bond motifs is 2. The molecule has 0 amide bonds. The molecule has 39 heavy (non-hydrogen) atoms. The molecule has 0 spiro atoms. The maximum absolute atomic E-state index is 10.1. The third kappa shape index (κ3) is 5.35. The van der Waals surface area contributed by atoms with E-state index in [0.717, 1.165) is 44.2 Å². The number of rotatable bonds is 7. The van der Waals surface area contributed by atoms with E-state index < -0.39 is 0 Å². The molecule has 4 heterocycles. The molecule has 0 aliphatic carbocycles. The minimum Gasteiger partial charge on any atom is -0.490 e. The van der Waals surface area contributed by atoms with Gasteiger partial charge in [0.05, 0.1) is 52.8 Å². The van der Waals surface area contributed by atoms with E-state index in [-0.39, 0.29) is 12.2 Å². The number of benzene rings is 2. The fraction of sp³-hybridized carbons (Fsp3) is 0.400. The molecule has 0 saturated carbocycles. The lowest BCUT2D eigenvalue weighted by Crippen LogP contribution is -2.35. The van der Waals surface area contributed by atoms with Crippen LogP contribution in [0.1, 0.15) is 38.2 Å². The van der Waals surface area contributed by atoms with E-state index in [1.807, 2.05) is 30.3 Å². The first-order valence-electron chi connectivity index (χ1n) is 13.5. The van der Waals surface area contributed by atoms with E-state index in [0.29, 0.717) is 69.1 Å². The van der Waals surface area contributed by atoms with Gasteiger partial charge >= 0.3 is 0 Å². The van der Waals surface area contributed by atoms with Crippen LogP contribution in [-0.4, -0.2) is 43.5 Å². The monoisotopic (exact) mass is 546 g/mol. The van der Waals surface area contributed by atoms with Gasteiger partial charge in [0.25, 0.3) is 0 Å². The fourth-order valence-corrected chi connectivity index (χ4v) is 5.68. The van der Waals surface area contributed by atoms with E-state index in [1.165, 1.54) is 0 Å². The lowest BCUT2D eigenvalue weighted by Gasteiger charge is -2.29. The molecule has 2 saturated heterocycles. The number of hydrogen-bond acceptors (Lipinski definition) is 8. The molecule has 4 aromatic rings. The van der Waals surface area contributed by atoms with Gasteiger partial charge < -0.3 is 29.3 Å². The van der Waals surface area contributed by atoms with E-state index in [1.54, 1.807) is 12.5 Å². The van der Waals surface area contributed by atoms with Crippen LogP contribution in [0.15, 0.2) is 47.2 Å². The number of hydrogen-bond donors (Lipinski definition) is 2. The van der Waals surface area contributed by atoms with Gasteiger partial charge in [0.1, 0.15) is 29.4 Å². The Morgan fingerprint density at radius 1 is 1.13 bits per heavy atom. The zero-order valence-electron chi connectivity index (χ0n) is 21.8. The number of nitriles is 1. The lowest BCUT2D eigenvalue weighted by atomic mass is 9.93. The number of halogens is 1. The third-order valence-corrected chi connectivity index (χ3v) is 7.99. The Balaban J connectivity index is 1.45. The van der Waals surface area contributed by atoms with Crippen molar-refractivity contribution in [2.75, 3.05) is 31.6 Å². The second-order valence-corrected chi connectivity index (χ2v) is 10.6. The number of ether oxygens (including phenoxy) is 3. The van der Waals surface area contributed by atoms with Crippen molar-refractivity contribution < 1.29 is 18.6 Å². The third-order valence-electron chi connectivity index (χ3n) is 7.68. The molecule has 9 heteroatoms. The topological polar surface area (TPSA) is 102 Å². The molecule has 6 rings (SSSR count). The van der Waals surface area contributed by atoms with Crippen molar-refractivity contribution >= 4 is 44.8 Å². The maximum Gasteiger partial charge on any atom is 0.158 e. The standard InChI is InChI=1S/C30H31ClN4O4/c1-18(19-4-9-33-10-5-19)38-23-14-25-27(26(15-23)39-22-7-11-36-12-8-22)28(21(16-32)17-34-25)35-29-24(31)3-2-20-6-13-37-30(20)29/h2-3,6,13-15,17-19,22,33H,4-5,7-12H2,1H3,(H,34,35). The van der Waals surface area contributed by atoms with Gasteiger partial charge in [-0.15, -0.1) is 0 Å². The van der Waals surface area contributed by atoms with Gasteiger partial charge in [0.2, 0.25) is 0 Å². The fourth-order valence-electron chi connectivity index (χ4n) is 5.49. The van der Waals surface area contributed by atoms with Crippen molar-refractivity contribution in [1.82, 2.24) is 10.3 Å². The Morgan fingerprint density at radius 3 is 2.74 bits per heavy atom. The zero-order valence-corrected chi connectivity index (χ0v) is 22.6. The van der Waals surface area contributed by atoms with Gasteiger partial charge in [0, 0.05) is 36.6 Å². The Labute approximate surface area is 232 Å². The molecular formula is C30H31ClN4O4. The summed E-state index contributed by atoms with van der Waals surface area (Å²) in [6.45, 7) is 5.44. The van der Waals surface area contributed by atoms with Crippen LogP contribution in [0.25, 0.3) is 21.9 Å². The number of nitrogens with one attached hydrogen (secondary N) is 2. The number of anilines is 2. The quantitative estimate of drug-likeness (QED) is 0.268. The number of nitrogens with zero attached hydrogens (tertiary/aromatic N) is 2. The van der Waals surface area contributed by atoms with Crippen LogP contribution >= 0.6 is 11.6 Å².